The summed E-state index contributed by atoms with van der Waals surface area (Å²) in [5.74, 6) is 1.31. The number of fused-ring (bicyclic) bond motifs is 2. The number of carbonyl (C=O) groups excluding carboxylic acids is 2. The van der Waals surface area contributed by atoms with Crippen LogP contribution in [0.4, 0.5) is 0 Å². The highest BCUT2D eigenvalue weighted by Crippen LogP contribution is 2.76. The Bertz CT molecular complexity index is 872. The first-order valence-electron chi connectivity index (χ1n) is 12.1. The summed E-state index contributed by atoms with van der Waals surface area (Å²) in [6, 6.07) is 0.0976. The number of amides is 1. The molecule has 6 aliphatic rings. The van der Waals surface area contributed by atoms with Crippen LogP contribution in [-0.2, 0) is 28.5 Å². The van der Waals surface area contributed by atoms with Crippen molar-refractivity contribution in [3.63, 3.8) is 0 Å². The molecule has 0 aromatic carbocycles. The second kappa shape index (κ2) is 7.11. The van der Waals surface area contributed by atoms with Crippen molar-refractivity contribution in [2.45, 2.75) is 50.9 Å². The van der Waals surface area contributed by atoms with E-state index in [-0.39, 0.29) is 71.2 Å². The molecule has 1 heterocycles. The summed E-state index contributed by atoms with van der Waals surface area (Å²) in [4.78, 5) is 28.5. The summed E-state index contributed by atoms with van der Waals surface area (Å²) >= 11 is 0. The number of rotatable bonds is 6. The van der Waals surface area contributed by atoms with E-state index in [1.807, 2.05) is 7.11 Å². The molecular weight excluding hydrogens is 410 g/mol. The molecule has 0 aromatic heterocycles. The monoisotopic (exact) mass is 445 g/mol. The minimum Gasteiger partial charge on any atom is -0.384 e. The number of Topliss-reactive ketones (excluding diaryl/α,β-unsaturated/α-hetero) is 1. The normalized spacial score (nSPS) is 49.9. The van der Waals surface area contributed by atoms with Gasteiger partial charge in [0, 0.05) is 64.0 Å². The highest BCUT2D eigenvalue weighted by atomic mass is 16.7. The fraction of sp³-hybridized carbons (Fsp3) is 0.840. The Labute approximate surface area is 189 Å². The van der Waals surface area contributed by atoms with Crippen molar-refractivity contribution in [3.05, 3.63) is 11.6 Å². The Morgan fingerprint density at radius 2 is 2.03 bits per heavy atom. The van der Waals surface area contributed by atoms with Gasteiger partial charge in [0.15, 0.2) is 0 Å². The van der Waals surface area contributed by atoms with E-state index < -0.39 is 0 Å². The number of likely N-dealkylation sites (tertiary alicyclic amines) is 1. The molecular formula is C25H35NO6. The molecule has 32 heavy (non-hydrogen) atoms. The summed E-state index contributed by atoms with van der Waals surface area (Å²) < 4.78 is 23.5. The van der Waals surface area contributed by atoms with E-state index in [0.29, 0.717) is 18.9 Å². The van der Waals surface area contributed by atoms with Crippen LogP contribution >= 0.6 is 0 Å². The molecule has 7 bridgehead atoms. The van der Waals surface area contributed by atoms with Gasteiger partial charge in [-0.3, -0.25) is 9.59 Å². The maximum Gasteiger partial charge on any atom is 0.219 e. The van der Waals surface area contributed by atoms with Gasteiger partial charge in [0.25, 0.3) is 0 Å². The smallest absolute Gasteiger partial charge is 0.219 e. The molecule has 1 amide bonds. The molecule has 7 heteroatoms. The fourth-order valence-corrected chi connectivity index (χ4v) is 9.62. The summed E-state index contributed by atoms with van der Waals surface area (Å²) in [6.45, 7) is 3.32. The van der Waals surface area contributed by atoms with Crippen LogP contribution in [0.25, 0.3) is 0 Å². The summed E-state index contributed by atoms with van der Waals surface area (Å²) in [7, 11) is 5.23. The summed E-state index contributed by atoms with van der Waals surface area (Å²) in [5.41, 5.74) is 1.03. The first kappa shape index (κ1) is 21.3. The van der Waals surface area contributed by atoms with Crippen LogP contribution in [0, 0.1) is 40.4 Å². The SMILES string of the molecule is COCO[C@@H]1C2C3=C[C@H]1C(=O)CC2C1CC2C4(COC)CCC(OC)C32C1N(C(C)=O)C4. The second-order valence-electron chi connectivity index (χ2n) is 11.1. The third kappa shape index (κ3) is 2.31. The molecule has 0 aromatic rings. The lowest BCUT2D eigenvalue weighted by Crippen LogP contribution is -2.72. The molecule has 6 rings (SSSR count). The second-order valence-corrected chi connectivity index (χ2v) is 11.1. The van der Waals surface area contributed by atoms with Gasteiger partial charge < -0.3 is 23.8 Å². The van der Waals surface area contributed by atoms with E-state index in [1.54, 1.807) is 21.1 Å². The number of ether oxygens (including phenoxy) is 4. The predicted octanol–water partition coefficient (Wildman–Crippen LogP) is 2.05. The Morgan fingerprint density at radius 1 is 1.22 bits per heavy atom. The zero-order valence-corrected chi connectivity index (χ0v) is 19.5. The largest absolute Gasteiger partial charge is 0.384 e. The van der Waals surface area contributed by atoms with Crippen molar-refractivity contribution in [1.82, 2.24) is 4.90 Å². The Balaban J connectivity index is 1.56. The maximum absolute atomic E-state index is 13.2. The van der Waals surface area contributed by atoms with Crippen molar-refractivity contribution < 1.29 is 28.5 Å². The Kier molecular flexibility index (Phi) is 4.72. The van der Waals surface area contributed by atoms with Crippen molar-refractivity contribution in [2.75, 3.05) is 41.3 Å². The van der Waals surface area contributed by atoms with Gasteiger partial charge in [0.1, 0.15) is 12.6 Å². The minimum atomic E-state index is -0.255. The van der Waals surface area contributed by atoms with E-state index in [9.17, 15) is 9.59 Å². The van der Waals surface area contributed by atoms with Crippen LogP contribution in [-0.4, -0.2) is 76.1 Å². The van der Waals surface area contributed by atoms with Gasteiger partial charge in [-0.1, -0.05) is 11.6 Å². The topological polar surface area (TPSA) is 74.3 Å². The lowest BCUT2D eigenvalue weighted by molar-refractivity contribution is -0.206. The van der Waals surface area contributed by atoms with Crippen molar-refractivity contribution in [1.29, 1.82) is 0 Å². The van der Waals surface area contributed by atoms with Gasteiger partial charge in [-0.05, 0) is 37.0 Å². The Hall–Kier alpha value is -1.28. The molecule has 1 spiro atoms. The number of piperidine rings is 1. The van der Waals surface area contributed by atoms with Gasteiger partial charge in [0.05, 0.1) is 24.7 Å². The van der Waals surface area contributed by atoms with Crippen LogP contribution in [0.1, 0.15) is 32.6 Å². The highest BCUT2D eigenvalue weighted by molar-refractivity contribution is 5.87. The van der Waals surface area contributed by atoms with Crippen molar-refractivity contribution in [3.8, 4) is 0 Å². The van der Waals surface area contributed by atoms with Crippen LogP contribution in [0.15, 0.2) is 11.6 Å². The van der Waals surface area contributed by atoms with Crippen LogP contribution in [0.2, 0.25) is 0 Å². The molecule has 4 saturated carbocycles. The van der Waals surface area contributed by atoms with E-state index in [2.05, 4.69) is 11.0 Å². The molecule has 5 fully saturated rings. The number of hydrogen-bond donors (Lipinski definition) is 0. The van der Waals surface area contributed by atoms with Gasteiger partial charge in [-0.2, -0.15) is 0 Å². The first-order valence-corrected chi connectivity index (χ1v) is 12.1. The quantitative estimate of drug-likeness (QED) is 0.460. The average molecular weight is 446 g/mol. The molecule has 176 valence electrons. The summed E-state index contributed by atoms with van der Waals surface area (Å²) in [5, 5.41) is 0. The highest BCUT2D eigenvalue weighted by Gasteiger charge is 2.79. The number of carbonyl (C=O) groups is 2. The van der Waals surface area contributed by atoms with E-state index in [0.717, 1.165) is 25.8 Å². The van der Waals surface area contributed by atoms with Gasteiger partial charge in [0.2, 0.25) is 5.91 Å². The van der Waals surface area contributed by atoms with Crippen molar-refractivity contribution >= 4 is 11.7 Å². The average Bonchev–Trinajstić information content (AvgIpc) is 3.19. The van der Waals surface area contributed by atoms with E-state index >= 15 is 0 Å². The zero-order valence-electron chi connectivity index (χ0n) is 19.5. The molecule has 7 nitrogen and oxygen atoms in total. The van der Waals surface area contributed by atoms with E-state index in [4.69, 9.17) is 18.9 Å². The van der Waals surface area contributed by atoms with Gasteiger partial charge in [-0.15, -0.1) is 0 Å². The Morgan fingerprint density at radius 3 is 2.72 bits per heavy atom. The lowest BCUT2D eigenvalue weighted by Gasteiger charge is -2.66. The molecule has 0 N–H and O–H groups in total. The van der Waals surface area contributed by atoms with Crippen LogP contribution < -0.4 is 0 Å². The molecule has 8 unspecified atom stereocenters. The number of hydrogen-bond acceptors (Lipinski definition) is 6. The van der Waals surface area contributed by atoms with Gasteiger partial charge in [-0.25, -0.2) is 0 Å². The molecule has 1 saturated heterocycles. The number of ketones is 1. The van der Waals surface area contributed by atoms with Crippen molar-refractivity contribution in [2.24, 2.45) is 40.4 Å². The maximum atomic E-state index is 13.2. The van der Waals surface area contributed by atoms with Crippen LogP contribution in [0.5, 0.6) is 0 Å². The minimum absolute atomic E-state index is 0.0411. The third-order valence-electron chi connectivity index (χ3n) is 10.2. The standard InChI is InChI=1S/C25H35NO6/c1-13(27)26-10-24(11-29-2)6-5-20(31-4)25-17-7-16-18(28)8-14(15(23(25)26)9-19(24)25)21(17)22(16)32-12-30-3/h7,14-16,19-23H,5-6,8-12H2,1-4H3/t14?,15?,16-,19?,20?,21?,22-,23?,24?,25?/m0/s1. The number of nitrogens with zero attached hydrogens (tertiary/aromatic N) is 1. The lowest BCUT2D eigenvalue weighted by atomic mass is 9.45. The number of methoxy groups -OCH3 is 3. The van der Waals surface area contributed by atoms with E-state index in [1.165, 1.54) is 5.57 Å². The van der Waals surface area contributed by atoms with Crippen LogP contribution in [0.3, 0.4) is 0 Å². The fourth-order valence-electron chi connectivity index (χ4n) is 9.62. The third-order valence-corrected chi connectivity index (χ3v) is 10.2. The zero-order chi connectivity index (χ0) is 22.4. The van der Waals surface area contributed by atoms with Gasteiger partial charge >= 0.3 is 0 Å². The first-order chi connectivity index (χ1) is 15.4. The predicted molar refractivity (Wildman–Crippen MR) is 114 cm³/mol. The molecule has 10 atom stereocenters. The summed E-state index contributed by atoms with van der Waals surface area (Å²) in [6.07, 6.45) is 5.72. The molecule has 1 aliphatic heterocycles. The molecule has 0 radical (unpaired) electrons. The molecule has 5 aliphatic carbocycles.